The lowest BCUT2D eigenvalue weighted by Crippen LogP contribution is -2.17. The van der Waals surface area contributed by atoms with E-state index in [1.807, 2.05) is 0 Å². The number of benzene rings is 1. The van der Waals surface area contributed by atoms with E-state index in [2.05, 4.69) is 5.32 Å². The van der Waals surface area contributed by atoms with E-state index in [1.54, 1.807) is 0 Å². The fourth-order valence-corrected chi connectivity index (χ4v) is 2.18. The fourth-order valence-electron chi connectivity index (χ4n) is 1.46. The van der Waals surface area contributed by atoms with Crippen molar-refractivity contribution in [1.29, 1.82) is 0 Å². The van der Waals surface area contributed by atoms with Gasteiger partial charge in [0.05, 0.1) is 13.5 Å². The van der Waals surface area contributed by atoms with Crippen LogP contribution in [0.3, 0.4) is 0 Å². The van der Waals surface area contributed by atoms with Gasteiger partial charge >= 0.3 is 6.18 Å². The molecule has 0 aliphatic carbocycles. The van der Waals surface area contributed by atoms with Crippen LogP contribution in [-0.4, -0.2) is 27.6 Å². The summed E-state index contributed by atoms with van der Waals surface area (Å²) < 4.78 is 63.4. The number of nitrogens with two attached hydrogens (primary N) is 1. The zero-order valence-corrected chi connectivity index (χ0v) is 11.7. The van der Waals surface area contributed by atoms with Crippen LogP contribution in [0.25, 0.3) is 0 Å². The Morgan fingerprint density at radius 2 is 2.00 bits per heavy atom. The quantitative estimate of drug-likeness (QED) is 0.859. The number of hydrogen-bond donors (Lipinski definition) is 2. The highest BCUT2D eigenvalue weighted by Gasteiger charge is 2.28. The summed E-state index contributed by atoms with van der Waals surface area (Å²) in [6.45, 7) is 0. The van der Waals surface area contributed by atoms with Crippen molar-refractivity contribution in [2.45, 2.75) is 23.9 Å². The van der Waals surface area contributed by atoms with Crippen LogP contribution in [0.15, 0.2) is 23.1 Å². The molecule has 0 aliphatic rings. The molecule has 1 rings (SSSR count). The maximum absolute atomic E-state index is 12.0. The van der Waals surface area contributed by atoms with Crippen molar-refractivity contribution in [2.75, 3.05) is 12.4 Å². The number of carbonyl (C=O) groups is 1. The third kappa shape index (κ3) is 5.60. The molecule has 0 unspecified atom stereocenters. The van der Waals surface area contributed by atoms with E-state index in [0.29, 0.717) is 0 Å². The Bertz CT molecular complexity index is 629. The Hall–Kier alpha value is -1.81. The van der Waals surface area contributed by atoms with Crippen LogP contribution in [0.1, 0.15) is 12.8 Å². The van der Waals surface area contributed by atoms with Crippen molar-refractivity contribution in [1.82, 2.24) is 0 Å². The maximum Gasteiger partial charge on any atom is 0.389 e. The van der Waals surface area contributed by atoms with Crippen molar-refractivity contribution >= 4 is 21.6 Å². The van der Waals surface area contributed by atoms with Gasteiger partial charge in [-0.2, -0.15) is 13.2 Å². The topological polar surface area (TPSA) is 98.5 Å². The molecule has 0 atom stereocenters. The molecule has 0 saturated heterocycles. The van der Waals surface area contributed by atoms with Gasteiger partial charge in [0, 0.05) is 12.1 Å². The second-order valence-electron chi connectivity index (χ2n) is 4.07. The first kappa shape index (κ1) is 17.2. The number of carbonyl (C=O) groups excluding carboxylic acids is 1. The number of methoxy groups -OCH3 is 1. The highest BCUT2D eigenvalue weighted by molar-refractivity contribution is 7.89. The van der Waals surface area contributed by atoms with E-state index in [0.717, 1.165) is 6.07 Å². The fraction of sp³-hybridized carbons (Fsp3) is 0.364. The second kappa shape index (κ2) is 6.31. The number of halogens is 3. The molecule has 0 heterocycles. The Balaban J connectivity index is 2.88. The van der Waals surface area contributed by atoms with E-state index in [9.17, 15) is 26.4 Å². The molecular formula is C11H13F3N2O4S. The summed E-state index contributed by atoms with van der Waals surface area (Å²) in [5, 5.41) is 7.14. The Kier molecular flexibility index (Phi) is 5.18. The van der Waals surface area contributed by atoms with Gasteiger partial charge in [0.25, 0.3) is 0 Å². The van der Waals surface area contributed by atoms with Gasteiger partial charge < -0.3 is 10.1 Å². The molecule has 0 radical (unpaired) electrons. The largest absolute Gasteiger partial charge is 0.495 e. The van der Waals surface area contributed by atoms with E-state index in [1.165, 1.54) is 19.2 Å². The van der Waals surface area contributed by atoms with Gasteiger partial charge in [0.1, 0.15) is 10.6 Å². The van der Waals surface area contributed by atoms with Crippen LogP contribution in [0.2, 0.25) is 0 Å². The molecule has 118 valence electrons. The smallest absolute Gasteiger partial charge is 0.389 e. The number of nitrogens with one attached hydrogen (secondary N) is 1. The zero-order chi connectivity index (χ0) is 16.3. The molecule has 0 fully saturated rings. The third-order valence-corrected chi connectivity index (χ3v) is 3.32. The van der Waals surface area contributed by atoms with Gasteiger partial charge in [-0.25, -0.2) is 13.6 Å². The van der Waals surface area contributed by atoms with Gasteiger partial charge in [0.2, 0.25) is 15.9 Å². The van der Waals surface area contributed by atoms with Crippen LogP contribution in [0.5, 0.6) is 5.75 Å². The van der Waals surface area contributed by atoms with E-state index < -0.39 is 34.9 Å². The van der Waals surface area contributed by atoms with Crippen molar-refractivity contribution in [3.8, 4) is 5.75 Å². The van der Waals surface area contributed by atoms with Crippen LogP contribution in [-0.2, 0) is 14.8 Å². The van der Waals surface area contributed by atoms with Crippen LogP contribution in [0, 0.1) is 0 Å². The summed E-state index contributed by atoms with van der Waals surface area (Å²) >= 11 is 0. The van der Waals surface area contributed by atoms with Gasteiger partial charge in [-0.15, -0.1) is 0 Å². The lowest BCUT2D eigenvalue weighted by Gasteiger charge is -2.11. The van der Waals surface area contributed by atoms with Crippen LogP contribution < -0.4 is 15.2 Å². The van der Waals surface area contributed by atoms with Gasteiger partial charge in [0.15, 0.2) is 0 Å². The highest BCUT2D eigenvalue weighted by atomic mass is 32.2. The van der Waals surface area contributed by atoms with Gasteiger partial charge in [-0.05, 0) is 18.2 Å². The number of primary sulfonamides is 1. The number of sulfonamides is 1. The Morgan fingerprint density at radius 3 is 2.48 bits per heavy atom. The van der Waals surface area contributed by atoms with Crippen molar-refractivity contribution < 1.29 is 31.1 Å². The predicted octanol–water partition coefficient (Wildman–Crippen LogP) is 1.62. The normalized spacial score (nSPS) is 12.0. The maximum atomic E-state index is 12.0. The minimum Gasteiger partial charge on any atom is -0.495 e. The Labute approximate surface area is 119 Å². The minimum atomic E-state index is -4.44. The lowest BCUT2D eigenvalue weighted by atomic mass is 10.2. The average molecular weight is 326 g/mol. The Morgan fingerprint density at radius 1 is 1.38 bits per heavy atom. The molecule has 1 amide bonds. The molecule has 0 saturated carbocycles. The lowest BCUT2D eigenvalue weighted by molar-refractivity contribution is -0.142. The van der Waals surface area contributed by atoms with Gasteiger partial charge in [-0.3, -0.25) is 4.79 Å². The first-order valence-electron chi connectivity index (χ1n) is 5.60. The molecule has 1 aromatic rings. The SMILES string of the molecule is COc1ccc(NC(=O)CCC(F)(F)F)cc1S(N)(=O)=O. The molecule has 0 aliphatic heterocycles. The van der Waals surface area contributed by atoms with Gasteiger partial charge in [-0.1, -0.05) is 0 Å². The minimum absolute atomic E-state index is 0.00648. The first-order valence-corrected chi connectivity index (χ1v) is 7.15. The standard InChI is InChI=1S/C11H13F3N2O4S/c1-20-8-3-2-7(6-9(8)21(15,18)19)16-10(17)4-5-11(12,13)14/h2-3,6H,4-5H2,1H3,(H,16,17)(H2,15,18,19). The highest BCUT2D eigenvalue weighted by Crippen LogP contribution is 2.26. The number of alkyl halides is 3. The van der Waals surface area contributed by atoms with Crippen LogP contribution in [0.4, 0.5) is 18.9 Å². The summed E-state index contributed by atoms with van der Waals surface area (Å²) in [5.41, 5.74) is 0.00648. The van der Waals surface area contributed by atoms with Crippen molar-refractivity contribution in [3.05, 3.63) is 18.2 Å². The summed E-state index contributed by atoms with van der Waals surface area (Å²) in [6, 6.07) is 3.54. The van der Waals surface area contributed by atoms with E-state index in [4.69, 9.17) is 9.88 Å². The summed E-state index contributed by atoms with van der Waals surface area (Å²) in [6.07, 6.45) is -6.47. The van der Waals surface area contributed by atoms with E-state index >= 15 is 0 Å². The molecule has 0 spiro atoms. The van der Waals surface area contributed by atoms with Crippen molar-refractivity contribution in [2.24, 2.45) is 5.14 Å². The summed E-state index contributed by atoms with van der Waals surface area (Å²) in [5.74, 6) is -0.927. The van der Waals surface area contributed by atoms with E-state index in [-0.39, 0.29) is 16.3 Å². The second-order valence-corrected chi connectivity index (χ2v) is 5.60. The third-order valence-electron chi connectivity index (χ3n) is 2.39. The van der Waals surface area contributed by atoms with Crippen molar-refractivity contribution in [3.63, 3.8) is 0 Å². The number of ether oxygens (including phenoxy) is 1. The summed E-state index contributed by atoms with van der Waals surface area (Å²) in [4.78, 5) is 11.0. The monoisotopic (exact) mass is 326 g/mol. The number of hydrogen-bond acceptors (Lipinski definition) is 4. The molecule has 6 nitrogen and oxygen atoms in total. The number of anilines is 1. The molecule has 10 heteroatoms. The molecule has 1 aromatic carbocycles. The molecule has 3 N–H and O–H groups in total. The van der Waals surface area contributed by atoms with Crippen LogP contribution >= 0.6 is 0 Å². The number of rotatable bonds is 5. The molecular weight excluding hydrogens is 313 g/mol. The molecule has 0 bridgehead atoms. The molecule has 21 heavy (non-hydrogen) atoms. The predicted molar refractivity (Wildman–Crippen MR) is 68.3 cm³/mol. The number of amides is 1. The molecule has 0 aromatic heterocycles. The first-order chi connectivity index (χ1) is 9.53. The zero-order valence-electron chi connectivity index (χ0n) is 10.9. The average Bonchev–Trinajstić information content (AvgIpc) is 2.34. The summed E-state index contributed by atoms with van der Waals surface area (Å²) in [7, 11) is -2.87.